The Balaban J connectivity index is 1.17. The van der Waals surface area contributed by atoms with Gasteiger partial charge >= 0.3 is 0 Å². The molecule has 0 aliphatic heterocycles. The molecule has 17 rings (SSSR count). The zero-order valence-electron chi connectivity index (χ0n) is 46.0. The Morgan fingerprint density at radius 2 is 0.333 bits per heavy atom. The average Bonchev–Trinajstić information content (AvgIpc) is 0.762. The molecule has 0 saturated heterocycles. The molecule has 0 amide bonds. The monoisotopic (exact) mass is 1060 g/mol. The van der Waals surface area contributed by atoms with Crippen molar-refractivity contribution in [1.29, 1.82) is 0 Å². The lowest BCUT2D eigenvalue weighted by Crippen LogP contribution is -1.99. The van der Waals surface area contributed by atoms with E-state index in [1.807, 2.05) is 0 Å². The summed E-state index contributed by atoms with van der Waals surface area (Å²) in [5.74, 6) is 0. The normalized spacial score (nSPS) is 11.8. The number of fused-ring (bicyclic) bond motifs is 7. The SMILES string of the molecule is c1ccc(-c2c(-c3ccccc3)c(-c3ccccc3)c3cc4c(-c5ccccc5)c5cc6c(-c7ccccc7)c7c8cccc9ccc%10cccc(c7c(-c7ccccc7)c6cc5c(-c5ccccc5)c4cc3c2-c2ccccc2)c%10c98)cc1. The van der Waals surface area contributed by atoms with Gasteiger partial charge in [0.15, 0.2) is 0 Å². The van der Waals surface area contributed by atoms with Gasteiger partial charge in [-0.2, -0.15) is 0 Å². The molecule has 0 fully saturated rings. The summed E-state index contributed by atoms with van der Waals surface area (Å²) in [6.07, 6.45) is 0. The van der Waals surface area contributed by atoms with E-state index in [9.17, 15) is 0 Å². The minimum Gasteiger partial charge on any atom is -0.0622 e. The van der Waals surface area contributed by atoms with E-state index < -0.39 is 0 Å². The van der Waals surface area contributed by atoms with E-state index in [0.29, 0.717) is 0 Å². The fourth-order valence-corrected chi connectivity index (χ4v) is 14.5. The Morgan fingerprint density at radius 1 is 0.119 bits per heavy atom. The van der Waals surface area contributed by atoms with Gasteiger partial charge in [-0.3, -0.25) is 0 Å². The minimum absolute atomic E-state index is 1.17. The van der Waals surface area contributed by atoms with Gasteiger partial charge in [-0.05, 0) is 199 Å². The topological polar surface area (TPSA) is 0 Å². The maximum atomic E-state index is 2.60. The van der Waals surface area contributed by atoms with E-state index in [4.69, 9.17) is 0 Å². The Morgan fingerprint density at radius 3 is 0.607 bits per heavy atom. The maximum Gasteiger partial charge on any atom is -0.000741 e. The van der Waals surface area contributed by atoms with Crippen LogP contribution in [0.15, 0.2) is 315 Å². The van der Waals surface area contributed by atoms with Crippen molar-refractivity contribution in [3.8, 4) is 89.0 Å². The van der Waals surface area contributed by atoms with E-state index >= 15 is 0 Å². The molecule has 0 radical (unpaired) electrons. The molecule has 0 aliphatic rings. The third kappa shape index (κ3) is 7.34. The molecule has 0 atom stereocenters. The van der Waals surface area contributed by atoms with Crippen molar-refractivity contribution in [3.63, 3.8) is 0 Å². The Bertz CT molecular complexity index is 5050. The quantitative estimate of drug-likeness (QED) is 0.105. The summed E-state index contributed by atoms with van der Waals surface area (Å²) < 4.78 is 0. The van der Waals surface area contributed by atoms with Gasteiger partial charge in [0, 0.05) is 0 Å². The van der Waals surface area contributed by atoms with Crippen LogP contribution in [0, 0.1) is 0 Å². The van der Waals surface area contributed by atoms with Crippen molar-refractivity contribution in [1.82, 2.24) is 0 Å². The minimum atomic E-state index is 1.17. The molecule has 0 N–H and O–H groups in total. The fraction of sp³-hybridized carbons (Fsp3) is 0. The van der Waals surface area contributed by atoms with Crippen LogP contribution in [-0.2, 0) is 0 Å². The molecule has 0 nitrogen and oxygen atoms in total. The third-order valence-electron chi connectivity index (χ3n) is 17.9. The standard InChI is InChI=1S/C84H52/c1-9-27-53(28-10-1)73-65-49-69-70(78(56-33-15-4-16-34-56)82(60-41-23-8-24-42-60)81(59-39-21-7-22-40-59)77(69)55-31-13-3-14-32-55)50-66(65)74(54-29-11-2-12-30-54)68-52-72-71(51-67(68)73)79(57-35-17-5-18-36-57)83-63-45-25-43-61-47-48-62-44-26-46-64(76(62)75(61)63)84(83)80(72)58-37-19-6-20-38-58/h1-52H. The molecule has 0 heterocycles. The van der Waals surface area contributed by atoms with Crippen molar-refractivity contribution in [2.24, 2.45) is 0 Å². The number of benzene rings is 17. The molecule has 0 spiro atoms. The van der Waals surface area contributed by atoms with Crippen molar-refractivity contribution >= 4 is 86.2 Å². The highest BCUT2D eigenvalue weighted by molar-refractivity contribution is 6.42. The zero-order valence-corrected chi connectivity index (χ0v) is 46.0. The molecule has 0 saturated carbocycles. The summed E-state index contributed by atoms with van der Waals surface area (Å²) >= 11 is 0. The first kappa shape index (κ1) is 47.8. The van der Waals surface area contributed by atoms with Crippen molar-refractivity contribution in [2.75, 3.05) is 0 Å². The Labute approximate surface area is 487 Å². The van der Waals surface area contributed by atoms with Crippen molar-refractivity contribution < 1.29 is 0 Å². The first-order valence-electron chi connectivity index (χ1n) is 29.2. The second-order valence-electron chi connectivity index (χ2n) is 22.4. The van der Waals surface area contributed by atoms with Gasteiger partial charge in [0.2, 0.25) is 0 Å². The highest BCUT2D eigenvalue weighted by Gasteiger charge is 2.29. The third-order valence-corrected chi connectivity index (χ3v) is 17.9. The number of hydrogen-bond donors (Lipinski definition) is 0. The van der Waals surface area contributed by atoms with Crippen LogP contribution >= 0.6 is 0 Å². The van der Waals surface area contributed by atoms with Crippen LogP contribution < -0.4 is 0 Å². The molecule has 0 heteroatoms. The zero-order chi connectivity index (χ0) is 55.2. The van der Waals surface area contributed by atoms with Crippen LogP contribution in [0.4, 0.5) is 0 Å². The highest BCUT2D eigenvalue weighted by Crippen LogP contribution is 2.57. The predicted octanol–water partition coefficient (Wildman–Crippen LogP) is 23.7. The Hall–Kier alpha value is -10.9. The van der Waals surface area contributed by atoms with Crippen LogP contribution in [0.5, 0.6) is 0 Å². The van der Waals surface area contributed by atoms with Crippen molar-refractivity contribution in [2.45, 2.75) is 0 Å². The highest BCUT2D eigenvalue weighted by atomic mass is 14.3. The average molecular weight is 1060 g/mol. The lowest BCUT2D eigenvalue weighted by Gasteiger charge is -2.27. The maximum absolute atomic E-state index is 2.60. The summed E-state index contributed by atoms with van der Waals surface area (Å²) in [4.78, 5) is 0. The molecule has 388 valence electrons. The number of hydrogen-bond acceptors (Lipinski definition) is 0. The summed E-state index contributed by atoms with van der Waals surface area (Å²) in [5.41, 5.74) is 19.2. The van der Waals surface area contributed by atoms with Gasteiger partial charge in [0.05, 0.1) is 0 Å². The lowest BCUT2D eigenvalue weighted by molar-refractivity contribution is 1.57. The van der Waals surface area contributed by atoms with Crippen LogP contribution in [0.25, 0.3) is 175 Å². The molecular weight excluding hydrogens is 1010 g/mol. The van der Waals surface area contributed by atoms with E-state index in [2.05, 4.69) is 315 Å². The first-order valence-corrected chi connectivity index (χ1v) is 29.2. The van der Waals surface area contributed by atoms with Crippen LogP contribution in [0.1, 0.15) is 0 Å². The largest absolute Gasteiger partial charge is 0.0622 e. The van der Waals surface area contributed by atoms with Gasteiger partial charge in [0.25, 0.3) is 0 Å². The molecule has 17 aromatic carbocycles. The molecule has 0 aromatic heterocycles. The van der Waals surface area contributed by atoms with Gasteiger partial charge in [-0.1, -0.05) is 291 Å². The van der Waals surface area contributed by atoms with E-state index in [-0.39, 0.29) is 0 Å². The van der Waals surface area contributed by atoms with Crippen LogP contribution in [0.3, 0.4) is 0 Å². The summed E-state index contributed by atoms with van der Waals surface area (Å²) in [6.45, 7) is 0. The molecule has 0 bridgehead atoms. The van der Waals surface area contributed by atoms with E-state index in [1.165, 1.54) is 175 Å². The van der Waals surface area contributed by atoms with Gasteiger partial charge in [-0.15, -0.1) is 0 Å². The molecule has 17 aromatic rings. The summed E-state index contributed by atoms with van der Waals surface area (Å²) in [5, 5.41) is 19.9. The van der Waals surface area contributed by atoms with E-state index in [1.54, 1.807) is 0 Å². The van der Waals surface area contributed by atoms with Crippen molar-refractivity contribution in [3.05, 3.63) is 315 Å². The van der Waals surface area contributed by atoms with Gasteiger partial charge < -0.3 is 0 Å². The van der Waals surface area contributed by atoms with Gasteiger partial charge in [-0.25, -0.2) is 0 Å². The molecule has 0 unspecified atom stereocenters. The smallest absolute Gasteiger partial charge is 0.000741 e. The first-order chi connectivity index (χ1) is 41.7. The van der Waals surface area contributed by atoms with E-state index in [0.717, 1.165) is 0 Å². The second-order valence-corrected chi connectivity index (χ2v) is 22.4. The summed E-state index contributed by atoms with van der Waals surface area (Å²) in [7, 11) is 0. The number of rotatable bonds is 8. The second kappa shape index (κ2) is 19.4. The lowest BCUT2D eigenvalue weighted by atomic mass is 9.76. The fourth-order valence-electron chi connectivity index (χ4n) is 14.5. The van der Waals surface area contributed by atoms with Gasteiger partial charge in [0.1, 0.15) is 0 Å². The predicted molar refractivity (Wildman–Crippen MR) is 361 cm³/mol. The van der Waals surface area contributed by atoms with Crippen LogP contribution in [0.2, 0.25) is 0 Å². The summed E-state index contributed by atoms with van der Waals surface area (Å²) in [6, 6.07) is 118. The Kier molecular flexibility index (Phi) is 11.0. The molecular formula is C84H52. The van der Waals surface area contributed by atoms with Crippen LogP contribution in [-0.4, -0.2) is 0 Å². The molecule has 84 heavy (non-hydrogen) atoms. The molecule has 0 aliphatic carbocycles.